The van der Waals surface area contributed by atoms with Crippen LogP contribution < -0.4 is 0 Å². The molecule has 2 rings (SSSR count). The van der Waals surface area contributed by atoms with Gasteiger partial charge in [-0.2, -0.15) is 0 Å². The number of carbonyl (C=O) groups excluding carboxylic acids is 1. The summed E-state index contributed by atoms with van der Waals surface area (Å²) in [5, 5.41) is 2.67. The fourth-order valence-corrected chi connectivity index (χ4v) is 2.98. The molecule has 18 heavy (non-hydrogen) atoms. The van der Waals surface area contributed by atoms with Crippen LogP contribution in [0.4, 0.5) is 4.39 Å². The summed E-state index contributed by atoms with van der Waals surface area (Å²) in [4.78, 5) is 12.5. The monoisotopic (exact) mass is 302 g/mol. The summed E-state index contributed by atoms with van der Waals surface area (Å²) in [6, 6.07) is 4.17. The molecule has 94 valence electrons. The largest absolute Gasteiger partial charge is 0.293 e. The molecular weight excluding hydrogens is 294 g/mol. The van der Waals surface area contributed by atoms with Crippen LogP contribution in [-0.4, -0.2) is 5.78 Å². The molecule has 0 spiro atoms. The van der Waals surface area contributed by atoms with Crippen LogP contribution in [0.5, 0.6) is 0 Å². The maximum Gasteiger partial charge on any atom is 0.178 e. The van der Waals surface area contributed by atoms with E-state index in [2.05, 4.69) is 0 Å². The third kappa shape index (κ3) is 2.74. The maximum atomic E-state index is 13.5. The van der Waals surface area contributed by atoms with Gasteiger partial charge in [-0.25, -0.2) is 4.39 Å². The number of rotatable bonds is 3. The van der Waals surface area contributed by atoms with Gasteiger partial charge in [-0.05, 0) is 41.6 Å². The van der Waals surface area contributed by atoms with Crippen molar-refractivity contribution >= 4 is 40.3 Å². The second-order valence-electron chi connectivity index (χ2n) is 3.90. The highest BCUT2D eigenvalue weighted by atomic mass is 35.5. The van der Waals surface area contributed by atoms with E-state index in [9.17, 15) is 9.18 Å². The molecule has 0 N–H and O–H groups in total. The molecule has 0 atom stereocenters. The Morgan fingerprint density at radius 3 is 2.72 bits per heavy atom. The Morgan fingerprint density at radius 2 is 2.11 bits per heavy atom. The molecule has 1 aromatic carbocycles. The summed E-state index contributed by atoms with van der Waals surface area (Å²) in [5.74, 6) is -0.628. The average Bonchev–Trinajstić information content (AvgIpc) is 2.65. The number of hydrogen-bond donors (Lipinski definition) is 0. The molecule has 0 saturated carbocycles. The quantitative estimate of drug-likeness (QED) is 0.735. The molecule has 0 aliphatic carbocycles. The molecule has 0 saturated heterocycles. The van der Waals surface area contributed by atoms with Crippen molar-refractivity contribution in [2.75, 3.05) is 0 Å². The molecule has 2 aromatic rings. The summed E-state index contributed by atoms with van der Waals surface area (Å²) in [5.41, 5.74) is 1.14. The summed E-state index contributed by atoms with van der Waals surface area (Å²) in [7, 11) is 0. The lowest BCUT2D eigenvalue weighted by atomic mass is 10.1. The minimum atomic E-state index is -0.433. The van der Waals surface area contributed by atoms with Gasteiger partial charge in [0.15, 0.2) is 5.78 Å². The number of Topliss-reactive ketones (excluding diaryl/α,β-unsaturated/α-hetero) is 1. The van der Waals surface area contributed by atoms with Crippen LogP contribution in [0.2, 0.25) is 10.0 Å². The third-order valence-electron chi connectivity index (χ3n) is 2.51. The topological polar surface area (TPSA) is 17.1 Å². The molecule has 0 radical (unpaired) electrons. The van der Waals surface area contributed by atoms with Crippen LogP contribution >= 0.6 is 34.5 Å². The van der Waals surface area contributed by atoms with Crippen molar-refractivity contribution in [3.8, 4) is 0 Å². The number of thiophene rings is 1. The van der Waals surface area contributed by atoms with E-state index >= 15 is 0 Å². The van der Waals surface area contributed by atoms with Gasteiger partial charge in [-0.1, -0.05) is 23.2 Å². The van der Waals surface area contributed by atoms with E-state index in [1.165, 1.54) is 29.5 Å². The summed E-state index contributed by atoms with van der Waals surface area (Å²) >= 11 is 13.1. The van der Waals surface area contributed by atoms with Crippen molar-refractivity contribution in [3.05, 3.63) is 55.4 Å². The van der Waals surface area contributed by atoms with Crippen molar-refractivity contribution < 1.29 is 9.18 Å². The predicted molar refractivity (Wildman–Crippen MR) is 73.5 cm³/mol. The SMILES string of the molecule is Cc1csc(C(=O)Cc2cc(Cl)ccc2F)c1Cl. The maximum absolute atomic E-state index is 13.5. The summed E-state index contributed by atoms with van der Waals surface area (Å²) in [6.45, 7) is 1.83. The summed E-state index contributed by atoms with van der Waals surface area (Å²) in [6.07, 6.45) is -0.0356. The van der Waals surface area contributed by atoms with Crippen LogP contribution in [0.1, 0.15) is 20.8 Å². The third-order valence-corrected chi connectivity index (χ3v) is 4.48. The molecule has 1 heterocycles. The molecular formula is C13H9Cl2FOS. The molecule has 0 bridgehead atoms. The second kappa shape index (κ2) is 5.39. The van der Waals surface area contributed by atoms with Crippen LogP contribution in [0.3, 0.4) is 0 Å². The van der Waals surface area contributed by atoms with Crippen molar-refractivity contribution in [2.24, 2.45) is 0 Å². The Bertz CT molecular complexity index is 607. The Morgan fingerprint density at radius 1 is 1.39 bits per heavy atom. The average molecular weight is 303 g/mol. The van der Waals surface area contributed by atoms with Gasteiger partial charge in [0.25, 0.3) is 0 Å². The predicted octanol–water partition coefficient (Wildman–Crippen LogP) is 4.93. The van der Waals surface area contributed by atoms with Crippen molar-refractivity contribution in [3.63, 3.8) is 0 Å². The van der Waals surface area contributed by atoms with Gasteiger partial charge in [0.2, 0.25) is 0 Å². The van der Waals surface area contributed by atoms with Gasteiger partial charge in [0, 0.05) is 11.4 Å². The normalized spacial score (nSPS) is 10.7. The second-order valence-corrected chi connectivity index (χ2v) is 5.59. The number of ketones is 1. The van der Waals surface area contributed by atoms with E-state index in [1.807, 2.05) is 12.3 Å². The van der Waals surface area contributed by atoms with Gasteiger partial charge in [-0.3, -0.25) is 4.79 Å². The first-order chi connectivity index (χ1) is 8.49. The lowest BCUT2D eigenvalue weighted by Crippen LogP contribution is -2.04. The highest BCUT2D eigenvalue weighted by Crippen LogP contribution is 2.28. The minimum Gasteiger partial charge on any atom is -0.293 e. The first kappa shape index (κ1) is 13.5. The van der Waals surface area contributed by atoms with Crippen LogP contribution in [0.15, 0.2) is 23.6 Å². The van der Waals surface area contributed by atoms with Gasteiger partial charge >= 0.3 is 0 Å². The molecule has 1 aromatic heterocycles. The highest BCUT2D eigenvalue weighted by molar-refractivity contribution is 7.13. The zero-order chi connectivity index (χ0) is 13.3. The van der Waals surface area contributed by atoms with Crippen LogP contribution in [0.25, 0.3) is 0 Å². The van der Waals surface area contributed by atoms with E-state index in [4.69, 9.17) is 23.2 Å². The Kier molecular flexibility index (Phi) is 4.05. The zero-order valence-electron chi connectivity index (χ0n) is 9.47. The summed E-state index contributed by atoms with van der Waals surface area (Å²) < 4.78 is 13.5. The molecule has 1 nitrogen and oxygen atoms in total. The number of aryl methyl sites for hydroxylation is 1. The number of benzene rings is 1. The van der Waals surface area contributed by atoms with Crippen molar-refractivity contribution in [2.45, 2.75) is 13.3 Å². The molecule has 0 aliphatic heterocycles. The Labute approximate surface area is 118 Å². The fourth-order valence-electron chi connectivity index (χ4n) is 1.55. The van der Waals surface area contributed by atoms with E-state index in [-0.39, 0.29) is 17.8 Å². The Hall–Kier alpha value is -0.900. The lowest BCUT2D eigenvalue weighted by Gasteiger charge is -2.03. The number of carbonyl (C=O) groups is 1. The van der Waals surface area contributed by atoms with E-state index in [1.54, 1.807) is 0 Å². The smallest absolute Gasteiger partial charge is 0.178 e. The number of hydrogen-bond acceptors (Lipinski definition) is 2. The van der Waals surface area contributed by atoms with Gasteiger partial charge in [0.05, 0.1) is 9.90 Å². The zero-order valence-corrected chi connectivity index (χ0v) is 11.8. The molecule has 0 fully saturated rings. The molecule has 0 amide bonds. The van der Waals surface area contributed by atoms with E-state index < -0.39 is 5.82 Å². The molecule has 0 aliphatic rings. The first-order valence-corrected chi connectivity index (χ1v) is 6.83. The van der Waals surface area contributed by atoms with E-state index in [0.717, 1.165) is 5.56 Å². The molecule has 5 heteroatoms. The fraction of sp³-hybridized carbons (Fsp3) is 0.154. The van der Waals surface area contributed by atoms with Gasteiger partial charge in [0.1, 0.15) is 5.82 Å². The van der Waals surface area contributed by atoms with E-state index in [0.29, 0.717) is 14.9 Å². The lowest BCUT2D eigenvalue weighted by molar-refractivity contribution is 0.0996. The van der Waals surface area contributed by atoms with Crippen LogP contribution in [-0.2, 0) is 6.42 Å². The molecule has 0 unspecified atom stereocenters. The first-order valence-electron chi connectivity index (χ1n) is 5.19. The Balaban J connectivity index is 2.27. The minimum absolute atomic E-state index is 0.0356. The highest BCUT2D eigenvalue weighted by Gasteiger charge is 2.16. The van der Waals surface area contributed by atoms with Crippen molar-refractivity contribution in [1.82, 2.24) is 0 Å². The van der Waals surface area contributed by atoms with Crippen molar-refractivity contribution in [1.29, 1.82) is 0 Å². The van der Waals surface area contributed by atoms with Crippen LogP contribution in [0, 0.1) is 12.7 Å². The standard InChI is InChI=1S/C13H9Cl2FOS/c1-7-6-18-13(12(7)15)11(17)5-8-4-9(14)2-3-10(8)16/h2-4,6H,5H2,1H3. The van der Waals surface area contributed by atoms with Gasteiger partial charge in [-0.15, -0.1) is 11.3 Å². The van der Waals surface area contributed by atoms with Gasteiger partial charge < -0.3 is 0 Å². The number of halogens is 3.